The number of fused-ring (bicyclic) bond motifs is 1. The number of carbonyl (C=O) groups is 1. The van der Waals surface area contributed by atoms with Gasteiger partial charge in [-0.1, -0.05) is 0 Å². The average Bonchev–Trinajstić information content (AvgIpc) is 2.38. The lowest BCUT2D eigenvalue weighted by atomic mass is 10.1. The molecule has 0 bridgehead atoms. The maximum Gasteiger partial charge on any atom is 0.337 e. The van der Waals surface area contributed by atoms with Gasteiger partial charge in [-0.05, 0) is 18.2 Å². The van der Waals surface area contributed by atoms with Crippen molar-refractivity contribution in [1.82, 2.24) is 4.73 Å². The van der Waals surface area contributed by atoms with E-state index in [1.165, 1.54) is 37.3 Å². The second-order valence-corrected chi connectivity index (χ2v) is 3.41. The molecular formula is C12H11NO4. The van der Waals surface area contributed by atoms with Crippen LogP contribution < -0.4 is 10.3 Å². The first kappa shape index (κ1) is 11.2. The molecule has 0 aliphatic carbocycles. The van der Waals surface area contributed by atoms with E-state index in [-0.39, 0.29) is 5.43 Å². The van der Waals surface area contributed by atoms with Gasteiger partial charge >= 0.3 is 5.97 Å². The predicted octanol–water partition coefficient (Wildman–Crippen LogP) is 0.846. The van der Waals surface area contributed by atoms with Crippen molar-refractivity contribution >= 4 is 16.9 Å². The summed E-state index contributed by atoms with van der Waals surface area (Å²) in [6, 6.07) is 6.11. The number of benzene rings is 1. The van der Waals surface area contributed by atoms with Gasteiger partial charge in [-0.25, -0.2) is 4.79 Å². The first-order chi connectivity index (χ1) is 8.17. The summed E-state index contributed by atoms with van der Waals surface area (Å²) in [5, 5.41) is 0.414. The molecule has 1 aromatic heterocycles. The minimum Gasteiger partial charge on any atom is -0.465 e. The molecule has 0 spiro atoms. The molecule has 2 aromatic rings. The van der Waals surface area contributed by atoms with Gasteiger partial charge in [-0.2, -0.15) is 4.73 Å². The average molecular weight is 233 g/mol. The fraction of sp³-hybridized carbons (Fsp3) is 0.167. The standard InChI is InChI=1S/C12H11NO4/c1-16-12(15)8-3-4-10-9(7-8)11(14)5-6-13(10)17-2/h3-7H,1-2H3. The maximum atomic E-state index is 11.7. The number of hydrogen-bond acceptors (Lipinski definition) is 4. The number of pyridine rings is 1. The highest BCUT2D eigenvalue weighted by Crippen LogP contribution is 2.12. The lowest BCUT2D eigenvalue weighted by molar-refractivity contribution is 0.0601. The second kappa shape index (κ2) is 4.29. The Morgan fingerprint density at radius 1 is 1.24 bits per heavy atom. The van der Waals surface area contributed by atoms with Crippen LogP contribution in [0.2, 0.25) is 0 Å². The molecule has 0 aliphatic rings. The molecule has 5 nitrogen and oxygen atoms in total. The summed E-state index contributed by atoms with van der Waals surface area (Å²) in [6.45, 7) is 0. The third kappa shape index (κ3) is 1.87. The summed E-state index contributed by atoms with van der Waals surface area (Å²) in [4.78, 5) is 28.1. The summed E-state index contributed by atoms with van der Waals surface area (Å²) < 4.78 is 6.06. The number of carbonyl (C=O) groups excluding carboxylic acids is 1. The molecule has 0 N–H and O–H groups in total. The maximum absolute atomic E-state index is 11.7. The van der Waals surface area contributed by atoms with Crippen molar-refractivity contribution in [3.8, 4) is 0 Å². The number of nitrogens with zero attached hydrogens (tertiary/aromatic N) is 1. The fourth-order valence-corrected chi connectivity index (χ4v) is 1.64. The van der Waals surface area contributed by atoms with Gasteiger partial charge < -0.3 is 9.57 Å². The number of rotatable bonds is 2. The van der Waals surface area contributed by atoms with E-state index in [0.29, 0.717) is 16.5 Å². The van der Waals surface area contributed by atoms with Crippen LogP contribution in [0.1, 0.15) is 10.4 Å². The van der Waals surface area contributed by atoms with Gasteiger partial charge in [-0.3, -0.25) is 4.79 Å². The quantitative estimate of drug-likeness (QED) is 0.721. The lowest BCUT2D eigenvalue weighted by Gasteiger charge is -2.08. The first-order valence-corrected chi connectivity index (χ1v) is 4.95. The van der Waals surface area contributed by atoms with E-state index in [4.69, 9.17) is 4.84 Å². The third-order valence-corrected chi connectivity index (χ3v) is 2.48. The predicted molar refractivity (Wildman–Crippen MR) is 62.1 cm³/mol. The molecule has 88 valence electrons. The molecule has 0 aliphatic heterocycles. The highest BCUT2D eigenvalue weighted by Gasteiger charge is 2.09. The van der Waals surface area contributed by atoms with E-state index in [1.807, 2.05) is 0 Å². The van der Waals surface area contributed by atoms with E-state index < -0.39 is 5.97 Å². The van der Waals surface area contributed by atoms with E-state index in [2.05, 4.69) is 4.74 Å². The van der Waals surface area contributed by atoms with E-state index in [1.54, 1.807) is 12.1 Å². The fourth-order valence-electron chi connectivity index (χ4n) is 1.64. The topological polar surface area (TPSA) is 57.5 Å². The Morgan fingerprint density at radius 3 is 2.65 bits per heavy atom. The number of ether oxygens (including phenoxy) is 1. The zero-order valence-corrected chi connectivity index (χ0v) is 9.47. The molecule has 5 heteroatoms. The van der Waals surface area contributed by atoms with Crippen LogP contribution in [0.25, 0.3) is 10.9 Å². The SMILES string of the molecule is COC(=O)c1ccc2c(c1)c(=O)ccn2OC. The van der Waals surface area contributed by atoms with Crippen LogP contribution in [0.3, 0.4) is 0 Å². The largest absolute Gasteiger partial charge is 0.465 e. The smallest absolute Gasteiger partial charge is 0.337 e. The summed E-state index contributed by atoms with van der Waals surface area (Å²) in [5.41, 5.74) is 0.776. The van der Waals surface area contributed by atoms with E-state index in [0.717, 1.165) is 0 Å². The Kier molecular flexibility index (Phi) is 2.82. The van der Waals surface area contributed by atoms with Crippen LogP contribution >= 0.6 is 0 Å². The molecule has 0 saturated heterocycles. The Morgan fingerprint density at radius 2 is 2.00 bits per heavy atom. The molecular weight excluding hydrogens is 222 g/mol. The Bertz CT molecular complexity index is 630. The van der Waals surface area contributed by atoms with Crippen molar-refractivity contribution in [2.75, 3.05) is 14.2 Å². The number of hydrogen-bond donors (Lipinski definition) is 0. The minimum atomic E-state index is -0.473. The summed E-state index contributed by atoms with van der Waals surface area (Å²) in [6.07, 6.45) is 1.53. The zero-order valence-electron chi connectivity index (χ0n) is 9.47. The molecule has 2 rings (SSSR count). The normalized spacial score (nSPS) is 10.2. The van der Waals surface area contributed by atoms with Crippen molar-refractivity contribution in [3.63, 3.8) is 0 Å². The van der Waals surface area contributed by atoms with Crippen molar-refractivity contribution in [2.24, 2.45) is 0 Å². The van der Waals surface area contributed by atoms with Crippen LogP contribution in [-0.4, -0.2) is 24.9 Å². The molecule has 0 saturated carbocycles. The monoisotopic (exact) mass is 233 g/mol. The van der Waals surface area contributed by atoms with Gasteiger partial charge in [0.05, 0.1) is 18.2 Å². The summed E-state index contributed by atoms with van der Waals surface area (Å²) in [7, 11) is 2.79. The third-order valence-electron chi connectivity index (χ3n) is 2.48. The van der Waals surface area contributed by atoms with Crippen molar-refractivity contribution in [1.29, 1.82) is 0 Å². The number of methoxy groups -OCH3 is 1. The lowest BCUT2D eigenvalue weighted by Crippen LogP contribution is -2.13. The highest BCUT2D eigenvalue weighted by atomic mass is 16.6. The Balaban J connectivity index is 2.73. The van der Waals surface area contributed by atoms with Gasteiger partial charge in [0.2, 0.25) is 0 Å². The van der Waals surface area contributed by atoms with Gasteiger partial charge in [0, 0.05) is 17.6 Å². The number of aromatic nitrogens is 1. The van der Waals surface area contributed by atoms with Crippen LogP contribution in [0.15, 0.2) is 35.3 Å². The van der Waals surface area contributed by atoms with Crippen molar-refractivity contribution in [3.05, 3.63) is 46.2 Å². The molecule has 0 amide bonds. The Labute approximate surface area is 97.1 Å². The molecule has 0 atom stereocenters. The summed E-state index contributed by atoms with van der Waals surface area (Å²) >= 11 is 0. The second-order valence-electron chi connectivity index (χ2n) is 3.41. The highest BCUT2D eigenvalue weighted by molar-refractivity contribution is 5.94. The van der Waals surface area contributed by atoms with Crippen LogP contribution in [0.5, 0.6) is 0 Å². The molecule has 0 radical (unpaired) electrons. The number of esters is 1. The van der Waals surface area contributed by atoms with Gasteiger partial charge in [0.1, 0.15) is 7.11 Å². The first-order valence-electron chi connectivity index (χ1n) is 4.95. The molecule has 0 unspecified atom stereocenters. The van der Waals surface area contributed by atoms with Gasteiger partial charge in [-0.15, -0.1) is 0 Å². The van der Waals surface area contributed by atoms with E-state index in [9.17, 15) is 9.59 Å². The molecule has 17 heavy (non-hydrogen) atoms. The molecule has 0 fully saturated rings. The minimum absolute atomic E-state index is 0.168. The van der Waals surface area contributed by atoms with Crippen molar-refractivity contribution in [2.45, 2.75) is 0 Å². The van der Waals surface area contributed by atoms with Crippen LogP contribution in [0, 0.1) is 0 Å². The summed E-state index contributed by atoms with van der Waals surface area (Å²) in [5.74, 6) is -0.473. The Hall–Kier alpha value is -2.30. The molecule has 1 aromatic carbocycles. The van der Waals surface area contributed by atoms with Gasteiger partial charge in [0.25, 0.3) is 0 Å². The molecule has 1 heterocycles. The zero-order chi connectivity index (χ0) is 12.4. The van der Waals surface area contributed by atoms with Gasteiger partial charge in [0.15, 0.2) is 5.43 Å². The van der Waals surface area contributed by atoms with Crippen LogP contribution in [0.4, 0.5) is 0 Å². The van der Waals surface area contributed by atoms with E-state index >= 15 is 0 Å². The van der Waals surface area contributed by atoms with Crippen molar-refractivity contribution < 1.29 is 14.4 Å². The van der Waals surface area contributed by atoms with Crippen LogP contribution in [-0.2, 0) is 4.74 Å².